The Morgan fingerprint density at radius 3 is 2.23 bits per heavy atom. The summed E-state index contributed by atoms with van der Waals surface area (Å²) in [7, 11) is 1.47. The van der Waals surface area contributed by atoms with E-state index in [9.17, 15) is 14.4 Å². The number of carbonyl (C=O) groups excluding carboxylic acids is 3. The largest absolute Gasteiger partial charge is 0.490 e. The molecule has 0 aliphatic carbocycles. The number of ether oxygens (including phenoxy) is 3. The maximum absolute atomic E-state index is 12.3. The Kier molecular flexibility index (Phi) is 8.87. The van der Waals surface area contributed by atoms with Crippen LogP contribution >= 0.6 is 0 Å². The number of hydrogen-bond donors (Lipinski definition) is 1. The van der Waals surface area contributed by atoms with Crippen molar-refractivity contribution in [3.8, 4) is 11.5 Å². The predicted molar refractivity (Wildman–Crippen MR) is 117 cm³/mol. The SMILES string of the molecule is CCOc1ccc(C(=O)OCC(=O)N(C)CC(=O)Nc2ccc(C)cc2)cc1OCC. The van der Waals surface area contributed by atoms with Crippen LogP contribution in [0.5, 0.6) is 11.5 Å². The molecule has 0 aliphatic rings. The highest BCUT2D eigenvalue weighted by Gasteiger charge is 2.17. The van der Waals surface area contributed by atoms with Crippen molar-refractivity contribution in [3.05, 3.63) is 53.6 Å². The van der Waals surface area contributed by atoms with Gasteiger partial charge in [-0.25, -0.2) is 4.79 Å². The fourth-order valence-electron chi connectivity index (χ4n) is 2.64. The van der Waals surface area contributed by atoms with Crippen molar-refractivity contribution < 1.29 is 28.6 Å². The Morgan fingerprint density at radius 1 is 0.935 bits per heavy atom. The smallest absolute Gasteiger partial charge is 0.338 e. The molecular weight excluding hydrogens is 400 g/mol. The average Bonchev–Trinajstić information content (AvgIpc) is 2.74. The zero-order valence-electron chi connectivity index (χ0n) is 18.3. The fourth-order valence-corrected chi connectivity index (χ4v) is 2.64. The van der Waals surface area contributed by atoms with Crippen LogP contribution < -0.4 is 14.8 Å². The van der Waals surface area contributed by atoms with E-state index in [2.05, 4.69) is 5.32 Å². The molecule has 0 fully saturated rings. The van der Waals surface area contributed by atoms with Crippen molar-refractivity contribution in [3.63, 3.8) is 0 Å². The second-order valence-corrected chi connectivity index (χ2v) is 6.77. The molecule has 0 atom stereocenters. The van der Waals surface area contributed by atoms with Crippen molar-refractivity contribution in [2.45, 2.75) is 20.8 Å². The summed E-state index contributed by atoms with van der Waals surface area (Å²) in [5.74, 6) is -0.566. The Morgan fingerprint density at radius 2 is 1.58 bits per heavy atom. The molecule has 2 aromatic rings. The minimum absolute atomic E-state index is 0.165. The molecule has 0 bridgehead atoms. The van der Waals surface area contributed by atoms with Gasteiger partial charge in [-0.05, 0) is 51.1 Å². The molecule has 0 unspecified atom stereocenters. The number of aryl methyl sites for hydroxylation is 1. The highest BCUT2D eigenvalue weighted by molar-refractivity contribution is 5.95. The molecule has 0 aromatic heterocycles. The highest BCUT2D eigenvalue weighted by Crippen LogP contribution is 2.28. The Hall–Kier alpha value is -3.55. The van der Waals surface area contributed by atoms with Crippen LogP contribution in [0.4, 0.5) is 5.69 Å². The molecule has 0 saturated heterocycles. The number of nitrogens with zero attached hydrogens (tertiary/aromatic N) is 1. The van der Waals surface area contributed by atoms with Crippen LogP contribution in [0, 0.1) is 6.92 Å². The van der Waals surface area contributed by atoms with E-state index < -0.39 is 18.5 Å². The maximum atomic E-state index is 12.3. The van der Waals surface area contributed by atoms with Crippen LogP contribution in [0.3, 0.4) is 0 Å². The zero-order valence-corrected chi connectivity index (χ0v) is 18.3. The summed E-state index contributed by atoms with van der Waals surface area (Å²) in [4.78, 5) is 37.9. The van der Waals surface area contributed by atoms with Crippen LogP contribution in [0.2, 0.25) is 0 Å². The highest BCUT2D eigenvalue weighted by atomic mass is 16.5. The summed E-state index contributed by atoms with van der Waals surface area (Å²) in [6.45, 7) is 5.84. The van der Waals surface area contributed by atoms with E-state index in [1.165, 1.54) is 18.0 Å². The lowest BCUT2D eigenvalue weighted by molar-refractivity contribution is -0.136. The molecule has 1 N–H and O–H groups in total. The Labute approximate surface area is 182 Å². The second-order valence-electron chi connectivity index (χ2n) is 6.77. The first-order valence-corrected chi connectivity index (χ1v) is 10.0. The van der Waals surface area contributed by atoms with Gasteiger partial charge < -0.3 is 24.4 Å². The zero-order chi connectivity index (χ0) is 22.8. The Balaban J connectivity index is 1.87. The lowest BCUT2D eigenvalue weighted by Crippen LogP contribution is -2.37. The van der Waals surface area contributed by atoms with Crippen LogP contribution in [0.15, 0.2) is 42.5 Å². The molecule has 0 heterocycles. The molecule has 31 heavy (non-hydrogen) atoms. The maximum Gasteiger partial charge on any atom is 0.338 e. The first-order chi connectivity index (χ1) is 14.8. The predicted octanol–water partition coefficient (Wildman–Crippen LogP) is 3.05. The Bertz CT molecular complexity index is 911. The van der Waals surface area contributed by atoms with Gasteiger partial charge in [0.1, 0.15) is 0 Å². The van der Waals surface area contributed by atoms with Gasteiger partial charge in [-0.15, -0.1) is 0 Å². The van der Waals surface area contributed by atoms with Gasteiger partial charge in [0, 0.05) is 12.7 Å². The lowest BCUT2D eigenvalue weighted by atomic mass is 10.2. The quantitative estimate of drug-likeness (QED) is 0.585. The number of nitrogens with one attached hydrogen (secondary N) is 1. The monoisotopic (exact) mass is 428 g/mol. The standard InChI is InChI=1S/C23H28N2O6/c1-5-29-19-12-9-17(13-20(19)30-6-2)23(28)31-15-22(27)25(4)14-21(26)24-18-10-7-16(3)8-11-18/h7-13H,5-6,14-15H2,1-4H3,(H,24,26). The normalized spacial score (nSPS) is 10.2. The van der Waals surface area contributed by atoms with Gasteiger partial charge in [0.05, 0.1) is 25.3 Å². The summed E-state index contributed by atoms with van der Waals surface area (Å²) in [5.41, 5.74) is 1.95. The van der Waals surface area contributed by atoms with Crippen LogP contribution in [-0.4, -0.2) is 56.1 Å². The number of amides is 2. The molecule has 2 amide bonds. The molecule has 0 spiro atoms. The molecule has 2 aromatic carbocycles. The van der Waals surface area contributed by atoms with Crippen LogP contribution in [-0.2, 0) is 14.3 Å². The van der Waals surface area contributed by atoms with Gasteiger partial charge in [0.2, 0.25) is 5.91 Å². The van der Waals surface area contributed by atoms with E-state index in [4.69, 9.17) is 14.2 Å². The molecule has 2 rings (SSSR count). The number of carbonyl (C=O) groups is 3. The van der Waals surface area contributed by atoms with E-state index in [1.54, 1.807) is 24.3 Å². The number of likely N-dealkylation sites (N-methyl/N-ethyl adjacent to an activating group) is 1. The molecule has 0 radical (unpaired) electrons. The first kappa shape index (κ1) is 23.7. The summed E-state index contributed by atoms with van der Waals surface area (Å²) in [6.07, 6.45) is 0. The summed E-state index contributed by atoms with van der Waals surface area (Å²) >= 11 is 0. The molecule has 0 aliphatic heterocycles. The lowest BCUT2D eigenvalue weighted by Gasteiger charge is -2.17. The number of rotatable bonds is 10. The van der Waals surface area contributed by atoms with Crippen molar-refractivity contribution in [1.82, 2.24) is 4.90 Å². The van der Waals surface area contributed by atoms with Gasteiger partial charge in [0.15, 0.2) is 18.1 Å². The van der Waals surface area contributed by atoms with Gasteiger partial charge in [-0.2, -0.15) is 0 Å². The second kappa shape index (κ2) is 11.6. The van der Waals surface area contributed by atoms with Crippen LogP contribution in [0.25, 0.3) is 0 Å². The van der Waals surface area contributed by atoms with Crippen molar-refractivity contribution in [1.29, 1.82) is 0 Å². The van der Waals surface area contributed by atoms with Gasteiger partial charge in [-0.1, -0.05) is 17.7 Å². The van der Waals surface area contributed by atoms with Crippen molar-refractivity contribution >= 4 is 23.5 Å². The summed E-state index contributed by atoms with van der Waals surface area (Å²) < 4.78 is 16.1. The third-order valence-corrected chi connectivity index (χ3v) is 4.25. The van der Waals surface area contributed by atoms with E-state index in [0.717, 1.165) is 5.56 Å². The first-order valence-electron chi connectivity index (χ1n) is 10.0. The minimum atomic E-state index is -0.671. The van der Waals surface area contributed by atoms with E-state index in [0.29, 0.717) is 30.4 Å². The van der Waals surface area contributed by atoms with Crippen molar-refractivity contribution in [2.24, 2.45) is 0 Å². The third-order valence-electron chi connectivity index (χ3n) is 4.25. The third kappa shape index (κ3) is 7.33. The molecule has 0 saturated carbocycles. The van der Waals surface area contributed by atoms with Gasteiger partial charge in [-0.3, -0.25) is 9.59 Å². The number of esters is 1. The molecular formula is C23H28N2O6. The number of benzene rings is 2. The fraction of sp³-hybridized carbons (Fsp3) is 0.348. The van der Waals surface area contributed by atoms with Gasteiger partial charge >= 0.3 is 5.97 Å². The summed E-state index contributed by atoms with van der Waals surface area (Å²) in [6, 6.07) is 12.0. The summed E-state index contributed by atoms with van der Waals surface area (Å²) in [5, 5.41) is 2.71. The number of hydrogen-bond acceptors (Lipinski definition) is 6. The molecule has 8 nitrogen and oxygen atoms in total. The minimum Gasteiger partial charge on any atom is -0.490 e. The molecule has 8 heteroatoms. The van der Waals surface area contributed by atoms with Gasteiger partial charge in [0.25, 0.3) is 5.91 Å². The van der Waals surface area contributed by atoms with Crippen LogP contribution in [0.1, 0.15) is 29.8 Å². The average molecular weight is 428 g/mol. The van der Waals surface area contributed by atoms with E-state index >= 15 is 0 Å². The van der Waals surface area contributed by atoms with Crippen molar-refractivity contribution in [2.75, 3.05) is 38.7 Å². The molecule has 166 valence electrons. The topological polar surface area (TPSA) is 94.2 Å². The van der Waals surface area contributed by atoms with E-state index in [1.807, 2.05) is 32.9 Å². The van der Waals surface area contributed by atoms with E-state index in [-0.39, 0.29) is 18.0 Å². The number of anilines is 1.